The lowest BCUT2D eigenvalue weighted by Crippen LogP contribution is -2.51. The first-order valence-electron chi connectivity index (χ1n) is 8.97. The maximum Gasteiger partial charge on any atom is 0.254 e. The second-order valence-corrected chi connectivity index (χ2v) is 6.87. The summed E-state index contributed by atoms with van der Waals surface area (Å²) in [5.74, 6) is -0.631. The van der Waals surface area contributed by atoms with E-state index >= 15 is 0 Å². The number of carbonyl (C=O) groups excluding carboxylic acids is 1. The number of hydrogen-bond donors (Lipinski definition) is 0. The van der Waals surface area contributed by atoms with Crippen molar-refractivity contribution < 1.29 is 18.7 Å². The van der Waals surface area contributed by atoms with Gasteiger partial charge in [-0.2, -0.15) is 0 Å². The highest BCUT2D eigenvalue weighted by molar-refractivity contribution is 5.94. The van der Waals surface area contributed by atoms with Gasteiger partial charge in [0.25, 0.3) is 5.91 Å². The van der Waals surface area contributed by atoms with E-state index in [1.54, 1.807) is 11.0 Å². The van der Waals surface area contributed by atoms with E-state index in [1.807, 2.05) is 49.3 Å². The van der Waals surface area contributed by atoms with E-state index in [4.69, 9.17) is 9.47 Å². The van der Waals surface area contributed by atoms with Crippen molar-refractivity contribution in [2.75, 3.05) is 40.9 Å². The lowest BCUT2D eigenvalue weighted by Gasteiger charge is -2.42. The van der Waals surface area contributed by atoms with Gasteiger partial charge in [-0.3, -0.25) is 4.79 Å². The van der Waals surface area contributed by atoms with Crippen molar-refractivity contribution in [3.63, 3.8) is 0 Å². The third-order valence-electron chi connectivity index (χ3n) is 4.70. The molecule has 0 unspecified atom stereocenters. The molecule has 144 valence electrons. The van der Waals surface area contributed by atoms with Crippen molar-refractivity contribution in [3.05, 3.63) is 65.5 Å². The molecular weight excluding hydrogens is 347 g/mol. The Labute approximate surface area is 159 Å². The normalized spacial score (nSPS) is 20.0. The Morgan fingerprint density at radius 3 is 2.63 bits per heavy atom. The summed E-state index contributed by atoms with van der Waals surface area (Å²) in [5.41, 5.74) is 1.31. The van der Waals surface area contributed by atoms with E-state index in [0.717, 1.165) is 5.56 Å². The van der Waals surface area contributed by atoms with Gasteiger partial charge in [0.15, 0.2) is 11.6 Å². The van der Waals surface area contributed by atoms with Crippen LogP contribution in [0, 0.1) is 5.82 Å². The maximum absolute atomic E-state index is 14.1. The van der Waals surface area contributed by atoms with Crippen LogP contribution in [0.5, 0.6) is 5.75 Å². The number of nitrogens with zero attached hydrogens (tertiary/aromatic N) is 2. The summed E-state index contributed by atoms with van der Waals surface area (Å²) < 4.78 is 25.1. The fourth-order valence-corrected chi connectivity index (χ4v) is 3.48. The predicted octanol–water partition coefficient (Wildman–Crippen LogP) is 2.98. The van der Waals surface area contributed by atoms with Crippen molar-refractivity contribution in [1.29, 1.82) is 0 Å². The quantitative estimate of drug-likeness (QED) is 0.809. The number of methoxy groups -OCH3 is 1. The molecule has 2 aromatic rings. The third kappa shape index (κ3) is 4.28. The Kier molecular flexibility index (Phi) is 6.08. The molecule has 1 heterocycles. The topological polar surface area (TPSA) is 42.0 Å². The molecule has 0 aromatic heterocycles. The molecule has 0 saturated carbocycles. The predicted molar refractivity (Wildman–Crippen MR) is 101 cm³/mol. The zero-order valence-electron chi connectivity index (χ0n) is 15.9. The van der Waals surface area contributed by atoms with E-state index in [2.05, 4.69) is 0 Å². The number of hydrogen-bond acceptors (Lipinski definition) is 4. The molecule has 1 aliphatic heterocycles. The molecule has 6 heteroatoms. The number of carbonyl (C=O) groups is 1. The van der Waals surface area contributed by atoms with Gasteiger partial charge in [0, 0.05) is 18.7 Å². The van der Waals surface area contributed by atoms with Crippen LogP contribution < -0.4 is 4.74 Å². The number of amides is 1. The minimum Gasteiger partial charge on any atom is -0.494 e. The third-order valence-corrected chi connectivity index (χ3v) is 4.70. The van der Waals surface area contributed by atoms with E-state index < -0.39 is 5.82 Å². The first-order chi connectivity index (χ1) is 13.0. The summed E-state index contributed by atoms with van der Waals surface area (Å²) >= 11 is 0. The van der Waals surface area contributed by atoms with Crippen molar-refractivity contribution >= 4 is 5.91 Å². The Morgan fingerprint density at radius 1 is 1.26 bits per heavy atom. The van der Waals surface area contributed by atoms with Gasteiger partial charge in [0.2, 0.25) is 0 Å². The highest BCUT2D eigenvalue weighted by Gasteiger charge is 2.37. The van der Waals surface area contributed by atoms with Crippen LogP contribution in [0.1, 0.15) is 22.0 Å². The molecule has 0 bridgehead atoms. The Bertz CT molecular complexity index is 782. The second-order valence-electron chi connectivity index (χ2n) is 6.87. The van der Waals surface area contributed by atoms with Crippen LogP contribution >= 0.6 is 0 Å². The number of morpholine rings is 1. The van der Waals surface area contributed by atoms with E-state index in [-0.39, 0.29) is 23.8 Å². The van der Waals surface area contributed by atoms with Crippen LogP contribution in [0.15, 0.2) is 48.5 Å². The van der Waals surface area contributed by atoms with Gasteiger partial charge in [-0.05, 0) is 37.9 Å². The summed E-state index contributed by atoms with van der Waals surface area (Å²) in [5, 5.41) is 0. The van der Waals surface area contributed by atoms with Crippen LogP contribution in [0.2, 0.25) is 0 Å². The molecule has 0 radical (unpaired) electrons. The van der Waals surface area contributed by atoms with Gasteiger partial charge >= 0.3 is 0 Å². The van der Waals surface area contributed by atoms with Crippen molar-refractivity contribution in [3.8, 4) is 5.75 Å². The number of likely N-dealkylation sites (N-methyl/N-ethyl adjacent to an activating group) is 1. The molecule has 1 fully saturated rings. The fourth-order valence-electron chi connectivity index (χ4n) is 3.48. The van der Waals surface area contributed by atoms with E-state index in [9.17, 15) is 9.18 Å². The lowest BCUT2D eigenvalue weighted by atomic mass is 9.96. The Morgan fingerprint density at radius 2 is 2.00 bits per heavy atom. The first-order valence-corrected chi connectivity index (χ1v) is 8.97. The largest absolute Gasteiger partial charge is 0.494 e. The molecule has 0 N–H and O–H groups in total. The Balaban J connectivity index is 1.95. The van der Waals surface area contributed by atoms with Crippen LogP contribution in [0.25, 0.3) is 0 Å². The minimum atomic E-state index is -0.544. The first kappa shape index (κ1) is 19.3. The minimum absolute atomic E-state index is 0.124. The van der Waals surface area contributed by atoms with E-state index in [0.29, 0.717) is 25.3 Å². The van der Waals surface area contributed by atoms with Crippen molar-refractivity contribution in [1.82, 2.24) is 9.80 Å². The van der Waals surface area contributed by atoms with Crippen molar-refractivity contribution in [2.45, 2.75) is 12.1 Å². The number of rotatable bonds is 5. The molecule has 1 aliphatic rings. The number of benzene rings is 2. The van der Waals surface area contributed by atoms with Gasteiger partial charge in [0.1, 0.15) is 0 Å². The summed E-state index contributed by atoms with van der Waals surface area (Å²) in [6.07, 6.45) is -0.164. The maximum atomic E-state index is 14.1. The average Bonchev–Trinajstić information content (AvgIpc) is 2.67. The smallest absolute Gasteiger partial charge is 0.254 e. The van der Waals surface area contributed by atoms with Gasteiger partial charge in [-0.15, -0.1) is 0 Å². The van der Waals surface area contributed by atoms with Crippen molar-refractivity contribution in [2.24, 2.45) is 0 Å². The molecule has 5 nitrogen and oxygen atoms in total. The zero-order valence-corrected chi connectivity index (χ0v) is 15.9. The highest BCUT2D eigenvalue weighted by Crippen LogP contribution is 2.32. The molecule has 2 aromatic carbocycles. The summed E-state index contributed by atoms with van der Waals surface area (Å²) in [6, 6.07) is 13.9. The number of ether oxygens (including phenoxy) is 2. The van der Waals surface area contributed by atoms with Gasteiger partial charge in [-0.25, -0.2) is 4.39 Å². The molecule has 3 rings (SSSR count). The summed E-state index contributed by atoms with van der Waals surface area (Å²) in [7, 11) is 5.36. The van der Waals surface area contributed by atoms with E-state index in [1.165, 1.54) is 19.2 Å². The lowest BCUT2D eigenvalue weighted by molar-refractivity contribution is -0.0684. The SMILES string of the molecule is COc1ccc(C(=O)N2CCO[C@@H](CN(C)C)[C@@H]2c2ccccc2)cc1F. The second kappa shape index (κ2) is 8.50. The zero-order chi connectivity index (χ0) is 19.4. The van der Waals surface area contributed by atoms with Crippen LogP contribution in [0.3, 0.4) is 0 Å². The molecule has 0 aliphatic carbocycles. The van der Waals surface area contributed by atoms with Gasteiger partial charge in [-0.1, -0.05) is 30.3 Å². The summed E-state index contributed by atoms with van der Waals surface area (Å²) in [6.45, 7) is 1.59. The van der Waals surface area contributed by atoms with Crippen LogP contribution in [0.4, 0.5) is 4.39 Å². The van der Waals surface area contributed by atoms with Crippen LogP contribution in [-0.2, 0) is 4.74 Å². The van der Waals surface area contributed by atoms with Crippen LogP contribution in [-0.4, -0.2) is 62.7 Å². The average molecular weight is 372 g/mol. The molecule has 2 atom stereocenters. The van der Waals surface area contributed by atoms with Gasteiger partial charge in [0.05, 0.1) is 25.9 Å². The molecule has 1 saturated heterocycles. The number of halogens is 1. The monoisotopic (exact) mass is 372 g/mol. The molecular formula is C21H25FN2O3. The highest BCUT2D eigenvalue weighted by atomic mass is 19.1. The molecule has 0 spiro atoms. The molecule has 1 amide bonds. The molecule has 27 heavy (non-hydrogen) atoms. The Hall–Kier alpha value is -2.44. The summed E-state index contributed by atoms with van der Waals surface area (Å²) in [4.78, 5) is 17.0. The fraction of sp³-hybridized carbons (Fsp3) is 0.381. The van der Waals surface area contributed by atoms with Gasteiger partial charge < -0.3 is 19.3 Å². The standard InChI is InChI=1S/C21H25FN2O3/c1-23(2)14-19-20(15-7-5-4-6-8-15)24(11-12-27-19)21(25)16-9-10-18(26-3)17(22)13-16/h4-10,13,19-20H,11-12,14H2,1-3H3/t19-,20-/m0/s1.